The van der Waals surface area contributed by atoms with E-state index in [1.54, 1.807) is 13.8 Å². The van der Waals surface area contributed by atoms with Crippen LogP contribution in [0.3, 0.4) is 0 Å². The van der Waals surface area contributed by atoms with Crippen LogP contribution in [0.25, 0.3) is 0 Å². The van der Waals surface area contributed by atoms with Crippen molar-refractivity contribution in [2.24, 2.45) is 5.92 Å². The molecule has 1 aliphatic rings. The monoisotopic (exact) mass is 228 g/mol. The van der Waals surface area contributed by atoms with Crippen LogP contribution in [0.1, 0.15) is 33.1 Å². The maximum atomic E-state index is 11.5. The summed E-state index contributed by atoms with van der Waals surface area (Å²) in [6, 6.07) is 0. The third-order valence-corrected chi connectivity index (χ3v) is 2.88. The fraction of sp³-hybridized carbons (Fsp3) is 0.917. The maximum Gasteiger partial charge on any atom is 0.234 e. The second kappa shape index (κ2) is 5.64. The number of hydrogen-bond donors (Lipinski definition) is 2. The van der Waals surface area contributed by atoms with Crippen molar-refractivity contribution in [3.63, 3.8) is 0 Å². The van der Waals surface area contributed by atoms with Crippen molar-refractivity contribution in [3.05, 3.63) is 0 Å². The minimum atomic E-state index is -0.747. The van der Waals surface area contributed by atoms with Crippen molar-refractivity contribution in [1.29, 1.82) is 0 Å². The summed E-state index contributed by atoms with van der Waals surface area (Å²) in [6.07, 6.45) is 3.80. The molecule has 0 aromatic rings. The first-order chi connectivity index (χ1) is 7.37. The molecule has 0 aliphatic heterocycles. The number of likely N-dealkylation sites (N-methyl/N-ethyl adjacent to an activating group) is 1. The lowest BCUT2D eigenvalue weighted by Crippen LogP contribution is -2.43. The van der Waals surface area contributed by atoms with E-state index in [-0.39, 0.29) is 5.91 Å². The van der Waals surface area contributed by atoms with Crippen LogP contribution >= 0.6 is 0 Å². The molecule has 1 aliphatic carbocycles. The van der Waals surface area contributed by atoms with Gasteiger partial charge in [-0.1, -0.05) is 6.42 Å². The third kappa shape index (κ3) is 5.47. The van der Waals surface area contributed by atoms with Crippen LogP contribution < -0.4 is 5.32 Å². The summed E-state index contributed by atoms with van der Waals surface area (Å²) in [5.41, 5.74) is -0.747. The zero-order valence-corrected chi connectivity index (χ0v) is 10.6. The van der Waals surface area contributed by atoms with E-state index in [2.05, 4.69) is 5.32 Å². The number of aliphatic hydroxyl groups is 1. The Morgan fingerprint density at radius 1 is 1.50 bits per heavy atom. The number of hydrogen-bond acceptors (Lipinski definition) is 3. The summed E-state index contributed by atoms with van der Waals surface area (Å²) in [4.78, 5) is 13.4. The molecule has 0 radical (unpaired) electrons. The molecule has 4 nitrogen and oxygen atoms in total. The van der Waals surface area contributed by atoms with Crippen molar-refractivity contribution in [3.8, 4) is 0 Å². The normalized spacial score (nSPS) is 17.3. The Morgan fingerprint density at radius 2 is 2.12 bits per heavy atom. The van der Waals surface area contributed by atoms with Crippen LogP contribution in [0.4, 0.5) is 0 Å². The summed E-state index contributed by atoms with van der Waals surface area (Å²) in [6.45, 7) is 5.17. The molecule has 1 amide bonds. The molecule has 1 rings (SSSR count). The number of amides is 1. The lowest BCUT2D eigenvalue weighted by atomic mass is 9.85. The molecule has 0 spiro atoms. The largest absolute Gasteiger partial charge is 0.389 e. The summed E-state index contributed by atoms with van der Waals surface area (Å²) in [7, 11) is 1.85. The topological polar surface area (TPSA) is 52.6 Å². The third-order valence-electron chi connectivity index (χ3n) is 2.88. The minimum absolute atomic E-state index is 0.0543. The molecule has 1 fully saturated rings. The van der Waals surface area contributed by atoms with Crippen LogP contribution in [0.15, 0.2) is 0 Å². The average molecular weight is 228 g/mol. The summed E-state index contributed by atoms with van der Waals surface area (Å²) < 4.78 is 0. The van der Waals surface area contributed by atoms with Crippen LogP contribution in [-0.2, 0) is 4.79 Å². The second-order valence-electron chi connectivity index (χ2n) is 5.59. The summed E-state index contributed by atoms with van der Waals surface area (Å²) in [5.74, 6) is 0.752. The van der Waals surface area contributed by atoms with Crippen LogP contribution in [-0.4, -0.2) is 48.2 Å². The Hall–Kier alpha value is -0.610. The van der Waals surface area contributed by atoms with Crippen molar-refractivity contribution in [2.45, 2.75) is 38.7 Å². The Bertz CT molecular complexity index is 232. The van der Waals surface area contributed by atoms with Crippen LogP contribution in [0.2, 0.25) is 0 Å². The summed E-state index contributed by atoms with van der Waals surface area (Å²) in [5, 5.41) is 12.5. The Balaban J connectivity index is 2.12. The van der Waals surface area contributed by atoms with Gasteiger partial charge in [0.1, 0.15) is 0 Å². The van der Waals surface area contributed by atoms with E-state index >= 15 is 0 Å². The molecule has 16 heavy (non-hydrogen) atoms. The number of nitrogens with one attached hydrogen (secondary N) is 1. The van der Waals surface area contributed by atoms with E-state index in [1.165, 1.54) is 19.3 Å². The van der Waals surface area contributed by atoms with Gasteiger partial charge in [0.2, 0.25) is 5.91 Å². The van der Waals surface area contributed by atoms with Gasteiger partial charge in [0, 0.05) is 13.1 Å². The number of nitrogens with zero attached hydrogens (tertiary/aromatic N) is 1. The van der Waals surface area contributed by atoms with E-state index < -0.39 is 5.60 Å². The van der Waals surface area contributed by atoms with Gasteiger partial charge < -0.3 is 10.4 Å². The Labute approximate surface area is 98.0 Å². The van der Waals surface area contributed by atoms with Crippen LogP contribution in [0.5, 0.6) is 0 Å². The average Bonchev–Trinajstić information content (AvgIpc) is 1.96. The van der Waals surface area contributed by atoms with Gasteiger partial charge in [0.25, 0.3) is 0 Å². The smallest absolute Gasteiger partial charge is 0.234 e. The van der Waals surface area contributed by atoms with Gasteiger partial charge in [0.15, 0.2) is 0 Å². The van der Waals surface area contributed by atoms with Gasteiger partial charge in [-0.05, 0) is 39.7 Å². The zero-order valence-electron chi connectivity index (χ0n) is 10.6. The SMILES string of the molecule is CN(CC(=O)NCC1CCC1)CC(C)(C)O. The van der Waals surface area contributed by atoms with Crippen molar-refractivity contribution < 1.29 is 9.90 Å². The molecule has 1 saturated carbocycles. The molecule has 0 heterocycles. The molecule has 0 aromatic carbocycles. The highest BCUT2D eigenvalue weighted by Gasteiger charge is 2.20. The molecule has 0 atom stereocenters. The van der Waals surface area contributed by atoms with E-state index in [4.69, 9.17) is 0 Å². The molecular formula is C12H24N2O2. The Morgan fingerprint density at radius 3 is 2.56 bits per heavy atom. The van der Waals surface area contributed by atoms with Gasteiger partial charge in [-0.15, -0.1) is 0 Å². The fourth-order valence-corrected chi connectivity index (χ4v) is 1.97. The van der Waals surface area contributed by atoms with Gasteiger partial charge in [-0.3, -0.25) is 9.69 Å². The second-order valence-corrected chi connectivity index (χ2v) is 5.59. The van der Waals surface area contributed by atoms with Crippen LogP contribution in [0, 0.1) is 5.92 Å². The molecule has 2 N–H and O–H groups in total. The molecule has 0 unspecified atom stereocenters. The first kappa shape index (κ1) is 13.5. The van der Waals surface area contributed by atoms with E-state index in [0.29, 0.717) is 19.0 Å². The highest BCUT2D eigenvalue weighted by molar-refractivity contribution is 5.77. The predicted molar refractivity (Wildman–Crippen MR) is 64.1 cm³/mol. The molecule has 0 aromatic heterocycles. The molecule has 94 valence electrons. The van der Waals surface area contributed by atoms with E-state index in [0.717, 1.165) is 6.54 Å². The first-order valence-corrected chi connectivity index (χ1v) is 6.04. The molecular weight excluding hydrogens is 204 g/mol. The number of rotatable bonds is 6. The number of carbonyl (C=O) groups is 1. The molecule has 0 saturated heterocycles. The first-order valence-electron chi connectivity index (χ1n) is 6.04. The van der Waals surface area contributed by atoms with Crippen molar-refractivity contribution >= 4 is 5.91 Å². The Kier molecular flexibility index (Phi) is 4.74. The molecule has 4 heteroatoms. The molecule has 0 bridgehead atoms. The fourth-order valence-electron chi connectivity index (χ4n) is 1.97. The predicted octanol–water partition coefficient (Wildman–Crippen LogP) is 0.605. The minimum Gasteiger partial charge on any atom is -0.389 e. The van der Waals surface area contributed by atoms with E-state index in [1.807, 2.05) is 11.9 Å². The standard InChI is InChI=1S/C12H24N2O2/c1-12(2,16)9-14(3)8-11(15)13-7-10-5-4-6-10/h10,16H,4-9H2,1-3H3,(H,13,15). The quantitative estimate of drug-likeness (QED) is 0.700. The lowest BCUT2D eigenvalue weighted by molar-refractivity contribution is -0.122. The highest BCUT2D eigenvalue weighted by atomic mass is 16.3. The van der Waals surface area contributed by atoms with Gasteiger partial charge in [-0.2, -0.15) is 0 Å². The maximum absolute atomic E-state index is 11.5. The number of carbonyl (C=O) groups excluding carboxylic acids is 1. The van der Waals surface area contributed by atoms with Crippen molar-refractivity contribution in [2.75, 3.05) is 26.7 Å². The van der Waals surface area contributed by atoms with E-state index in [9.17, 15) is 9.90 Å². The summed E-state index contributed by atoms with van der Waals surface area (Å²) >= 11 is 0. The van der Waals surface area contributed by atoms with Gasteiger partial charge in [0.05, 0.1) is 12.1 Å². The highest BCUT2D eigenvalue weighted by Crippen LogP contribution is 2.24. The lowest BCUT2D eigenvalue weighted by Gasteiger charge is -2.27. The van der Waals surface area contributed by atoms with Gasteiger partial charge in [-0.25, -0.2) is 0 Å². The van der Waals surface area contributed by atoms with Crippen molar-refractivity contribution in [1.82, 2.24) is 10.2 Å². The van der Waals surface area contributed by atoms with Gasteiger partial charge >= 0.3 is 0 Å². The zero-order chi connectivity index (χ0) is 12.2.